The molecular formula is C42H40O. The molecule has 5 aromatic carbocycles. The monoisotopic (exact) mass is 560 g/mol. The lowest BCUT2D eigenvalue weighted by atomic mass is 9.61. The number of rotatable bonds is 6. The molecule has 1 N–H and O–H groups in total. The van der Waals surface area contributed by atoms with Crippen molar-refractivity contribution in [1.82, 2.24) is 0 Å². The molecule has 5 aromatic rings. The second kappa shape index (κ2) is 11.7. The molecule has 1 saturated carbocycles. The summed E-state index contributed by atoms with van der Waals surface area (Å²) in [5, 5.41) is 13.5. The van der Waals surface area contributed by atoms with Crippen molar-refractivity contribution in [3.8, 4) is 0 Å². The Morgan fingerprint density at radius 2 is 0.930 bits per heavy atom. The van der Waals surface area contributed by atoms with E-state index in [9.17, 15) is 5.11 Å². The molecule has 43 heavy (non-hydrogen) atoms. The molecule has 2 atom stereocenters. The third-order valence-corrected chi connectivity index (χ3v) is 9.27. The first-order chi connectivity index (χ1) is 20.8. The van der Waals surface area contributed by atoms with E-state index in [-0.39, 0.29) is 11.8 Å². The molecule has 0 bridgehead atoms. The van der Waals surface area contributed by atoms with E-state index < -0.39 is 11.0 Å². The zero-order valence-electron chi connectivity index (χ0n) is 25.5. The largest absolute Gasteiger partial charge is 0.380 e. The molecule has 0 aliphatic heterocycles. The summed E-state index contributed by atoms with van der Waals surface area (Å²) in [6, 6.07) is 53.0. The van der Waals surface area contributed by atoms with Crippen LogP contribution in [0.15, 0.2) is 168 Å². The predicted octanol–water partition coefficient (Wildman–Crippen LogP) is 10.2. The van der Waals surface area contributed by atoms with Gasteiger partial charge < -0.3 is 5.11 Å². The summed E-state index contributed by atoms with van der Waals surface area (Å²) in [6.45, 7) is 9.15. The summed E-state index contributed by atoms with van der Waals surface area (Å²) >= 11 is 0. The SMILES string of the molecule is CC(C)=C1C(=C(c2ccccc2)c2ccccc2)[C@@H](c2ccccc2)[C@H](C(O)(c2ccccc2)c2ccccc2)C1(C)C. The summed E-state index contributed by atoms with van der Waals surface area (Å²) < 4.78 is 0. The van der Waals surface area contributed by atoms with Crippen molar-refractivity contribution < 1.29 is 5.11 Å². The Morgan fingerprint density at radius 3 is 1.33 bits per heavy atom. The fraction of sp³-hybridized carbons (Fsp3) is 0.190. The lowest BCUT2D eigenvalue weighted by Gasteiger charge is -2.45. The van der Waals surface area contributed by atoms with Crippen LogP contribution in [0.2, 0.25) is 0 Å². The highest BCUT2D eigenvalue weighted by atomic mass is 16.3. The Kier molecular flexibility index (Phi) is 7.77. The highest BCUT2D eigenvalue weighted by Crippen LogP contribution is 2.66. The maximum atomic E-state index is 13.5. The van der Waals surface area contributed by atoms with Gasteiger partial charge in [-0.05, 0) is 63.8 Å². The van der Waals surface area contributed by atoms with E-state index in [0.29, 0.717) is 0 Å². The zero-order chi connectivity index (χ0) is 30.0. The van der Waals surface area contributed by atoms with Crippen LogP contribution in [-0.2, 0) is 5.60 Å². The third-order valence-electron chi connectivity index (χ3n) is 9.27. The van der Waals surface area contributed by atoms with Crippen LogP contribution < -0.4 is 0 Å². The molecule has 0 amide bonds. The van der Waals surface area contributed by atoms with E-state index >= 15 is 0 Å². The smallest absolute Gasteiger partial charge is 0.119 e. The first-order valence-corrected chi connectivity index (χ1v) is 15.3. The molecule has 0 heterocycles. The molecule has 1 aliphatic rings. The van der Waals surface area contributed by atoms with E-state index in [1.165, 1.54) is 39.0 Å². The van der Waals surface area contributed by atoms with Gasteiger partial charge in [0.1, 0.15) is 5.60 Å². The average molecular weight is 561 g/mol. The standard InChI is InChI=1S/C42H40O/c1-30(2)39-38(36(31-20-10-5-11-21-31)32-22-12-6-13-23-32)37(33-24-14-7-15-25-33)40(41(39,3)4)42(43,34-26-16-8-17-27-34)35-28-18-9-19-29-35/h5-29,37,40,43H,1-4H3/t37-,40+/m1/s1. The second-order valence-corrected chi connectivity index (χ2v) is 12.5. The first-order valence-electron chi connectivity index (χ1n) is 15.3. The van der Waals surface area contributed by atoms with Crippen molar-refractivity contribution in [1.29, 1.82) is 0 Å². The van der Waals surface area contributed by atoms with Gasteiger partial charge >= 0.3 is 0 Å². The van der Waals surface area contributed by atoms with E-state index in [2.05, 4.69) is 143 Å². The Bertz CT molecular complexity index is 1650. The molecule has 1 nitrogen and oxygen atoms in total. The number of benzene rings is 5. The minimum atomic E-state index is -1.27. The molecule has 0 radical (unpaired) electrons. The average Bonchev–Trinajstić information content (AvgIpc) is 3.30. The van der Waals surface area contributed by atoms with Crippen molar-refractivity contribution in [3.05, 3.63) is 196 Å². The Hall–Kier alpha value is -4.46. The normalized spacial score (nSPS) is 18.0. The second-order valence-electron chi connectivity index (χ2n) is 12.5. The summed E-state index contributed by atoms with van der Waals surface area (Å²) in [5.74, 6) is -0.309. The van der Waals surface area contributed by atoms with Gasteiger partial charge in [-0.2, -0.15) is 0 Å². The van der Waals surface area contributed by atoms with E-state index in [4.69, 9.17) is 0 Å². The summed E-state index contributed by atoms with van der Waals surface area (Å²) in [7, 11) is 0. The van der Waals surface area contributed by atoms with Crippen molar-refractivity contribution in [3.63, 3.8) is 0 Å². The van der Waals surface area contributed by atoms with Gasteiger partial charge in [-0.3, -0.25) is 0 Å². The van der Waals surface area contributed by atoms with Crippen LogP contribution in [-0.4, -0.2) is 5.11 Å². The van der Waals surface area contributed by atoms with Crippen molar-refractivity contribution >= 4 is 5.57 Å². The van der Waals surface area contributed by atoms with Gasteiger partial charge in [0, 0.05) is 11.8 Å². The zero-order valence-corrected chi connectivity index (χ0v) is 25.5. The van der Waals surface area contributed by atoms with Gasteiger partial charge in [0.05, 0.1) is 0 Å². The van der Waals surface area contributed by atoms with Crippen LogP contribution in [0.3, 0.4) is 0 Å². The minimum Gasteiger partial charge on any atom is -0.380 e. The highest BCUT2D eigenvalue weighted by molar-refractivity contribution is 5.87. The quantitative estimate of drug-likeness (QED) is 0.219. The fourth-order valence-corrected chi connectivity index (χ4v) is 7.82. The van der Waals surface area contributed by atoms with Crippen molar-refractivity contribution in [2.24, 2.45) is 11.3 Å². The van der Waals surface area contributed by atoms with Crippen LogP contribution in [0.5, 0.6) is 0 Å². The van der Waals surface area contributed by atoms with Crippen molar-refractivity contribution in [2.75, 3.05) is 0 Å². The summed E-state index contributed by atoms with van der Waals surface area (Å²) in [4.78, 5) is 0. The molecule has 0 spiro atoms. The first kappa shape index (κ1) is 28.6. The van der Waals surface area contributed by atoms with Crippen LogP contribution in [0.1, 0.15) is 61.4 Å². The third kappa shape index (κ3) is 4.98. The van der Waals surface area contributed by atoms with E-state index in [0.717, 1.165) is 11.1 Å². The maximum absolute atomic E-state index is 13.5. The van der Waals surface area contributed by atoms with Crippen LogP contribution in [0.25, 0.3) is 5.57 Å². The lowest BCUT2D eigenvalue weighted by molar-refractivity contribution is -0.0254. The molecular weight excluding hydrogens is 520 g/mol. The lowest BCUT2D eigenvalue weighted by Crippen LogP contribution is -2.44. The minimum absolute atomic E-state index is 0.0954. The number of hydrogen-bond donors (Lipinski definition) is 1. The van der Waals surface area contributed by atoms with Gasteiger partial charge in [0.25, 0.3) is 0 Å². The van der Waals surface area contributed by atoms with Gasteiger partial charge in [-0.1, -0.05) is 171 Å². The Balaban J connectivity index is 1.80. The van der Waals surface area contributed by atoms with E-state index in [1.807, 2.05) is 36.4 Å². The van der Waals surface area contributed by atoms with Gasteiger partial charge in [-0.25, -0.2) is 0 Å². The fourth-order valence-electron chi connectivity index (χ4n) is 7.82. The maximum Gasteiger partial charge on any atom is 0.119 e. The Labute approximate surface area is 256 Å². The number of hydrogen-bond acceptors (Lipinski definition) is 1. The number of aliphatic hydroxyl groups is 1. The van der Waals surface area contributed by atoms with Crippen LogP contribution in [0, 0.1) is 11.3 Å². The Morgan fingerprint density at radius 1 is 0.558 bits per heavy atom. The molecule has 1 fully saturated rings. The molecule has 214 valence electrons. The molecule has 0 unspecified atom stereocenters. The van der Waals surface area contributed by atoms with Gasteiger partial charge in [-0.15, -0.1) is 0 Å². The van der Waals surface area contributed by atoms with Gasteiger partial charge in [0.15, 0.2) is 0 Å². The predicted molar refractivity (Wildman–Crippen MR) is 180 cm³/mol. The molecule has 1 aliphatic carbocycles. The number of allylic oxidation sites excluding steroid dienone is 3. The van der Waals surface area contributed by atoms with Crippen molar-refractivity contribution in [2.45, 2.75) is 39.2 Å². The summed E-state index contributed by atoms with van der Waals surface area (Å²) in [5.41, 5.74) is 8.85. The van der Waals surface area contributed by atoms with Crippen LogP contribution >= 0.6 is 0 Å². The van der Waals surface area contributed by atoms with Crippen LogP contribution in [0.4, 0.5) is 0 Å². The molecule has 0 saturated heterocycles. The van der Waals surface area contributed by atoms with E-state index in [1.54, 1.807) is 0 Å². The van der Waals surface area contributed by atoms with Gasteiger partial charge in [0.2, 0.25) is 0 Å². The molecule has 1 heteroatoms. The summed E-state index contributed by atoms with van der Waals surface area (Å²) in [6.07, 6.45) is 0. The molecule has 0 aromatic heterocycles. The highest BCUT2D eigenvalue weighted by Gasteiger charge is 2.60. The molecule has 6 rings (SSSR count). The topological polar surface area (TPSA) is 20.2 Å².